The number of halogens is 1. The van der Waals surface area contributed by atoms with Gasteiger partial charge in [0.05, 0.1) is 21.1 Å². The number of hydrogen-bond donors (Lipinski definition) is 3. The van der Waals surface area contributed by atoms with E-state index < -0.39 is 0 Å². The van der Waals surface area contributed by atoms with Gasteiger partial charge in [0.25, 0.3) is 0 Å². The Morgan fingerprint density at radius 3 is 2.95 bits per heavy atom. The summed E-state index contributed by atoms with van der Waals surface area (Å²) in [5.41, 5.74) is 3.34. The lowest BCUT2D eigenvalue weighted by Crippen LogP contribution is -1.96. The molecule has 0 atom stereocenters. The highest BCUT2D eigenvalue weighted by molar-refractivity contribution is 9.10. The van der Waals surface area contributed by atoms with Crippen molar-refractivity contribution in [3.8, 4) is 5.75 Å². The van der Waals surface area contributed by atoms with Gasteiger partial charge >= 0.3 is 0 Å². The average Bonchev–Trinajstić information content (AvgIpc) is 2.68. The van der Waals surface area contributed by atoms with Crippen molar-refractivity contribution in [3.63, 3.8) is 0 Å². The number of phenols is 1. The largest absolute Gasteiger partial charge is 0.506 e. The molecule has 0 amide bonds. The van der Waals surface area contributed by atoms with E-state index in [4.69, 9.17) is 0 Å². The summed E-state index contributed by atoms with van der Waals surface area (Å²) in [7, 11) is 0. The van der Waals surface area contributed by atoms with Crippen molar-refractivity contribution in [2.45, 2.75) is 6.54 Å². The van der Waals surface area contributed by atoms with Crippen LogP contribution in [-0.4, -0.2) is 5.11 Å². The molecule has 0 unspecified atom stereocenters. The Labute approximate surface area is 128 Å². The summed E-state index contributed by atoms with van der Waals surface area (Å²) in [6.07, 6.45) is 0. The lowest BCUT2D eigenvalue weighted by Gasteiger charge is -2.08. The van der Waals surface area contributed by atoms with E-state index >= 15 is 0 Å². The van der Waals surface area contributed by atoms with E-state index in [9.17, 15) is 5.11 Å². The zero-order valence-corrected chi connectivity index (χ0v) is 12.8. The van der Waals surface area contributed by atoms with Gasteiger partial charge < -0.3 is 15.7 Å². The predicted molar refractivity (Wildman–Crippen MR) is 88.2 cm³/mol. The highest BCUT2D eigenvalue weighted by Gasteiger charge is 2.18. The Morgan fingerprint density at radius 1 is 1.15 bits per heavy atom. The molecule has 1 aliphatic heterocycles. The van der Waals surface area contributed by atoms with E-state index in [2.05, 4.69) is 44.8 Å². The number of rotatable bonds is 0. The zero-order valence-electron chi connectivity index (χ0n) is 10.4. The Kier molecular flexibility index (Phi) is 2.65. The fourth-order valence-electron chi connectivity index (χ4n) is 2.51. The molecule has 3 aromatic rings. The van der Waals surface area contributed by atoms with Crippen LogP contribution in [0.5, 0.6) is 5.75 Å². The number of benzene rings is 2. The maximum Gasteiger partial charge on any atom is 0.133 e. The fraction of sp³-hybridized carbons (Fsp3) is 0.0667. The SMILES string of the molecule is Oc1cccc2c3c(sc12)Nc1cc(Br)ccc1NC3. The van der Waals surface area contributed by atoms with Crippen molar-refractivity contribution in [1.82, 2.24) is 0 Å². The molecule has 5 heteroatoms. The highest BCUT2D eigenvalue weighted by Crippen LogP contribution is 2.44. The fourth-order valence-corrected chi connectivity index (χ4v) is 4.02. The molecule has 0 radical (unpaired) electrons. The molecular weight excluding hydrogens is 336 g/mol. The molecule has 0 saturated carbocycles. The van der Waals surface area contributed by atoms with Crippen LogP contribution in [0.4, 0.5) is 16.4 Å². The number of nitrogens with one attached hydrogen (secondary N) is 2. The molecular formula is C15H11BrN2OS. The second kappa shape index (κ2) is 4.40. The second-order valence-corrected chi connectivity index (χ2v) is 6.67. The number of hydrogen-bond acceptors (Lipinski definition) is 4. The van der Waals surface area contributed by atoms with E-state index in [0.29, 0.717) is 5.75 Å². The minimum Gasteiger partial charge on any atom is -0.506 e. The summed E-state index contributed by atoms with van der Waals surface area (Å²) in [5, 5.41) is 19.1. The van der Waals surface area contributed by atoms with Crippen LogP contribution in [-0.2, 0) is 6.54 Å². The van der Waals surface area contributed by atoms with E-state index in [1.54, 1.807) is 17.4 Å². The van der Waals surface area contributed by atoms with Crippen LogP contribution in [0.2, 0.25) is 0 Å². The molecule has 4 rings (SSSR count). The van der Waals surface area contributed by atoms with Gasteiger partial charge in [-0.2, -0.15) is 0 Å². The van der Waals surface area contributed by atoms with Crippen LogP contribution in [0.1, 0.15) is 5.56 Å². The third-order valence-corrected chi connectivity index (χ3v) is 5.16. The first-order valence-electron chi connectivity index (χ1n) is 6.26. The summed E-state index contributed by atoms with van der Waals surface area (Å²) in [6, 6.07) is 11.8. The van der Waals surface area contributed by atoms with Gasteiger partial charge in [-0.15, -0.1) is 11.3 Å². The minimum absolute atomic E-state index is 0.344. The predicted octanol–water partition coefficient (Wildman–Crippen LogP) is 5.04. The topological polar surface area (TPSA) is 44.3 Å². The molecule has 0 aliphatic carbocycles. The maximum atomic E-state index is 9.98. The third-order valence-electron chi connectivity index (χ3n) is 3.48. The second-order valence-electron chi connectivity index (χ2n) is 4.73. The van der Waals surface area contributed by atoms with Gasteiger partial charge in [0, 0.05) is 22.0 Å². The molecule has 100 valence electrons. The standard InChI is InChI=1S/C15H11BrN2OS/c16-8-4-5-11-12(6-8)18-15-10(7-17-11)9-2-1-3-13(19)14(9)20-15/h1-6,17-19H,7H2. The van der Waals surface area contributed by atoms with E-state index in [1.165, 1.54) is 5.56 Å². The normalized spacial score (nSPS) is 13.1. The quantitative estimate of drug-likeness (QED) is 0.534. The molecule has 0 spiro atoms. The van der Waals surface area contributed by atoms with Crippen molar-refractivity contribution < 1.29 is 5.11 Å². The first-order chi connectivity index (χ1) is 9.72. The smallest absolute Gasteiger partial charge is 0.133 e. The van der Waals surface area contributed by atoms with Gasteiger partial charge in [-0.05, 0) is 24.3 Å². The van der Waals surface area contributed by atoms with Crippen LogP contribution in [0.15, 0.2) is 40.9 Å². The van der Waals surface area contributed by atoms with Crippen molar-refractivity contribution in [2.75, 3.05) is 10.6 Å². The monoisotopic (exact) mass is 346 g/mol. The van der Waals surface area contributed by atoms with E-state index in [0.717, 1.165) is 37.5 Å². The first-order valence-corrected chi connectivity index (χ1v) is 7.87. The van der Waals surface area contributed by atoms with Crippen LogP contribution >= 0.6 is 27.3 Å². The Hall–Kier alpha value is -1.72. The van der Waals surface area contributed by atoms with Crippen LogP contribution < -0.4 is 10.6 Å². The molecule has 2 heterocycles. The van der Waals surface area contributed by atoms with Gasteiger partial charge in [0.2, 0.25) is 0 Å². The molecule has 1 aliphatic rings. The highest BCUT2D eigenvalue weighted by atomic mass is 79.9. The summed E-state index contributed by atoms with van der Waals surface area (Å²) < 4.78 is 1.98. The summed E-state index contributed by atoms with van der Waals surface area (Å²) >= 11 is 5.09. The molecule has 3 N–H and O–H groups in total. The van der Waals surface area contributed by atoms with Gasteiger partial charge in [0.15, 0.2) is 0 Å². The lowest BCUT2D eigenvalue weighted by atomic mass is 10.1. The van der Waals surface area contributed by atoms with Crippen molar-refractivity contribution in [3.05, 3.63) is 46.4 Å². The van der Waals surface area contributed by atoms with Crippen LogP contribution in [0.3, 0.4) is 0 Å². The first kappa shape index (κ1) is 12.1. The minimum atomic E-state index is 0.344. The Bertz CT molecular complexity index is 828. The van der Waals surface area contributed by atoms with Crippen LogP contribution in [0.25, 0.3) is 10.1 Å². The molecule has 1 aromatic heterocycles. The summed E-state index contributed by atoms with van der Waals surface area (Å²) in [4.78, 5) is 0. The molecule has 0 bridgehead atoms. The van der Waals surface area contributed by atoms with Crippen molar-refractivity contribution in [2.24, 2.45) is 0 Å². The van der Waals surface area contributed by atoms with Crippen LogP contribution in [0, 0.1) is 0 Å². The van der Waals surface area contributed by atoms with Crippen molar-refractivity contribution >= 4 is 53.7 Å². The zero-order chi connectivity index (χ0) is 13.7. The van der Waals surface area contributed by atoms with Gasteiger partial charge in [-0.3, -0.25) is 0 Å². The number of aromatic hydroxyl groups is 1. The molecule has 0 saturated heterocycles. The number of phenolic OH excluding ortho intramolecular Hbond substituents is 1. The van der Waals surface area contributed by atoms with E-state index in [1.807, 2.05) is 12.1 Å². The average molecular weight is 347 g/mol. The lowest BCUT2D eigenvalue weighted by molar-refractivity contribution is 0.482. The third kappa shape index (κ3) is 1.77. The molecule has 2 aromatic carbocycles. The molecule has 0 fully saturated rings. The summed E-state index contributed by atoms with van der Waals surface area (Å²) in [5.74, 6) is 0.344. The Morgan fingerprint density at radius 2 is 2.05 bits per heavy atom. The number of anilines is 3. The van der Waals surface area contributed by atoms with E-state index in [-0.39, 0.29) is 0 Å². The molecule has 3 nitrogen and oxygen atoms in total. The maximum absolute atomic E-state index is 9.98. The Balaban J connectivity index is 1.92. The summed E-state index contributed by atoms with van der Waals surface area (Å²) in [6.45, 7) is 0.750. The van der Waals surface area contributed by atoms with Gasteiger partial charge in [0.1, 0.15) is 5.75 Å². The number of thiophene rings is 1. The van der Waals surface area contributed by atoms with Gasteiger partial charge in [-0.1, -0.05) is 28.1 Å². The molecule has 20 heavy (non-hydrogen) atoms. The van der Waals surface area contributed by atoms with Gasteiger partial charge in [-0.25, -0.2) is 0 Å². The van der Waals surface area contributed by atoms with Crippen molar-refractivity contribution in [1.29, 1.82) is 0 Å². The number of fused-ring (bicyclic) bond motifs is 4.